The summed E-state index contributed by atoms with van der Waals surface area (Å²) < 4.78 is 10.4. The standard InChI is InChI=1S/C24H29NO6S/c1-5-32-11-10-31-24(29)19-14(3)25-17-12-13(2)18(23(28)30-4)22(27)21(17)20(19)15-6-8-16(26)9-7-15/h6-9,13,18,20,25-26H,5,10-12H2,1-4H3/t13-,18-,20-/m1/s1. The Labute approximate surface area is 192 Å². The molecule has 0 spiro atoms. The Kier molecular flexibility index (Phi) is 7.66. The van der Waals surface area contributed by atoms with Crippen LogP contribution in [-0.4, -0.2) is 48.1 Å². The molecule has 0 saturated heterocycles. The summed E-state index contributed by atoms with van der Waals surface area (Å²) in [5.41, 5.74) is 2.70. The lowest BCUT2D eigenvalue weighted by molar-refractivity contribution is -0.151. The molecular weight excluding hydrogens is 430 g/mol. The zero-order chi connectivity index (χ0) is 23.4. The summed E-state index contributed by atoms with van der Waals surface area (Å²) in [6.45, 7) is 5.93. The maximum absolute atomic E-state index is 13.6. The van der Waals surface area contributed by atoms with E-state index in [0.717, 1.165) is 5.75 Å². The van der Waals surface area contributed by atoms with Crippen LogP contribution in [0, 0.1) is 11.8 Å². The van der Waals surface area contributed by atoms with Crippen molar-refractivity contribution in [3.8, 4) is 5.75 Å². The predicted octanol–water partition coefficient (Wildman–Crippen LogP) is 3.30. The number of dihydropyridines is 1. The Balaban J connectivity index is 2.06. The lowest BCUT2D eigenvalue weighted by atomic mass is 9.69. The number of allylic oxidation sites excluding steroid dienone is 3. The molecule has 0 radical (unpaired) electrons. The molecule has 1 aliphatic heterocycles. The van der Waals surface area contributed by atoms with E-state index in [9.17, 15) is 19.5 Å². The van der Waals surface area contributed by atoms with Crippen molar-refractivity contribution in [3.05, 3.63) is 52.4 Å². The molecule has 0 bridgehead atoms. The van der Waals surface area contributed by atoms with Gasteiger partial charge in [-0.3, -0.25) is 9.59 Å². The summed E-state index contributed by atoms with van der Waals surface area (Å²) in [4.78, 5) is 39.1. The Hall–Kier alpha value is -2.74. The highest BCUT2D eigenvalue weighted by Crippen LogP contribution is 2.45. The normalized spacial score (nSPS) is 22.9. The average molecular weight is 460 g/mol. The van der Waals surface area contributed by atoms with Gasteiger partial charge in [-0.1, -0.05) is 26.0 Å². The molecule has 0 saturated carbocycles. The second-order valence-electron chi connectivity index (χ2n) is 7.96. The van der Waals surface area contributed by atoms with Crippen LogP contribution >= 0.6 is 11.8 Å². The van der Waals surface area contributed by atoms with Gasteiger partial charge < -0.3 is 19.9 Å². The Morgan fingerprint density at radius 2 is 1.94 bits per heavy atom. The number of Topliss-reactive ketones (excluding diaryl/α,β-unsaturated/α-hetero) is 1. The molecule has 0 unspecified atom stereocenters. The molecule has 32 heavy (non-hydrogen) atoms. The van der Waals surface area contributed by atoms with Crippen molar-refractivity contribution >= 4 is 29.5 Å². The van der Waals surface area contributed by atoms with Crippen molar-refractivity contribution < 1.29 is 29.0 Å². The highest BCUT2D eigenvalue weighted by Gasteiger charge is 2.47. The van der Waals surface area contributed by atoms with Gasteiger partial charge in [0.1, 0.15) is 18.3 Å². The van der Waals surface area contributed by atoms with Crippen molar-refractivity contribution in [3.63, 3.8) is 0 Å². The lowest BCUT2D eigenvalue weighted by Gasteiger charge is -2.38. The van der Waals surface area contributed by atoms with Gasteiger partial charge in [0.15, 0.2) is 5.78 Å². The first kappa shape index (κ1) is 23.9. The van der Waals surface area contributed by atoms with Crippen LogP contribution in [0.5, 0.6) is 5.75 Å². The van der Waals surface area contributed by atoms with Crippen molar-refractivity contribution in [2.75, 3.05) is 25.2 Å². The fourth-order valence-corrected chi connectivity index (χ4v) is 4.86. The average Bonchev–Trinajstić information content (AvgIpc) is 2.76. The number of ketones is 1. The highest BCUT2D eigenvalue weighted by atomic mass is 32.2. The number of thioether (sulfide) groups is 1. The molecule has 7 nitrogen and oxygen atoms in total. The number of rotatable bonds is 7. The minimum Gasteiger partial charge on any atom is -0.508 e. The minimum atomic E-state index is -0.934. The monoisotopic (exact) mass is 459 g/mol. The van der Waals surface area contributed by atoms with Crippen LogP contribution in [0.2, 0.25) is 0 Å². The van der Waals surface area contributed by atoms with Gasteiger partial charge in [-0.05, 0) is 42.7 Å². The van der Waals surface area contributed by atoms with Crippen LogP contribution in [-0.2, 0) is 23.9 Å². The molecule has 8 heteroatoms. The third-order valence-electron chi connectivity index (χ3n) is 5.85. The zero-order valence-corrected chi connectivity index (χ0v) is 19.6. The van der Waals surface area contributed by atoms with E-state index in [2.05, 4.69) is 5.32 Å². The van der Waals surface area contributed by atoms with Crippen LogP contribution in [0.4, 0.5) is 0 Å². The first-order chi connectivity index (χ1) is 15.3. The molecule has 3 atom stereocenters. The number of esters is 2. The van der Waals surface area contributed by atoms with E-state index in [0.29, 0.717) is 40.3 Å². The predicted molar refractivity (Wildman–Crippen MR) is 122 cm³/mol. The molecule has 3 rings (SSSR count). The second-order valence-corrected chi connectivity index (χ2v) is 9.35. The van der Waals surface area contributed by atoms with Crippen LogP contribution in [0.25, 0.3) is 0 Å². The number of aromatic hydroxyl groups is 1. The van der Waals surface area contributed by atoms with Gasteiger partial charge in [0.05, 0.1) is 12.7 Å². The number of carbonyl (C=O) groups excluding carboxylic acids is 3. The second kappa shape index (κ2) is 10.3. The van der Waals surface area contributed by atoms with E-state index >= 15 is 0 Å². The third-order valence-corrected chi connectivity index (χ3v) is 6.72. The van der Waals surface area contributed by atoms with Crippen LogP contribution < -0.4 is 5.32 Å². The number of phenolic OH excluding ortho intramolecular Hbond substituents is 1. The number of ether oxygens (including phenoxy) is 2. The van der Waals surface area contributed by atoms with E-state index in [1.54, 1.807) is 30.8 Å². The Morgan fingerprint density at radius 3 is 2.56 bits per heavy atom. The topological polar surface area (TPSA) is 102 Å². The van der Waals surface area contributed by atoms with Crippen molar-refractivity contribution in [1.29, 1.82) is 0 Å². The van der Waals surface area contributed by atoms with Gasteiger partial charge in [-0.25, -0.2) is 4.79 Å². The van der Waals surface area contributed by atoms with Crippen molar-refractivity contribution in [2.24, 2.45) is 11.8 Å². The van der Waals surface area contributed by atoms with E-state index < -0.39 is 23.8 Å². The highest BCUT2D eigenvalue weighted by molar-refractivity contribution is 7.99. The number of methoxy groups -OCH3 is 1. The summed E-state index contributed by atoms with van der Waals surface area (Å²) >= 11 is 1.67. The zero-order valence-electron chi connectivity index (χ0n) is 18.8. The first-order valence-corrected chi connectivity index (χ1v) is 11.8. The van der Waals surface area contributed by atoms with Crippen LogP contribution in [0.3, 0.4) is 0 Å². The van der Waals surface area contributed by atoms with Crippen molar-refractivity contribution in [2.45, 2.75) is 33.1 Å². The molecule has 0 fully saturated rings. The van der Waals surface area contributed by atoms with Gasteiger partial charge in [0.2, 0.25) is 0 Å². The number of phenols is 1. The molecule has 1 aliphatic carbocycles. The number of nitrogens with one attached hydrogen (secondary N) is 1. The van der Waals surface area contributed by atoms with Crippen LogP contribution in [0.15, 0.2) is 46.8 Å². The molecule has 0 aromatic heterocycles. The summed E-state index contributed by atoms with van der Waals surface area (Å²) in [5.74, 6) is -1.63. The quantitative estimate of drug-likeness (QED) is 0.364. The van der Waals surface area contributed by atoms with E-state index in [4.69, 9.17) is 9.47 Å². The molecule has 2 aliphatic rings. The largest absolute Gasteiger partial charge is 0.508 e. The third kappa shape index (κ3) is 4.70. The van der Waals surface area contributed by atoms with E-state index in [1.165, 1.54) is 19.2 Å². The molecule has 1 aromatic carbocycles. The minimum absolute atomic E-state index is 0.0781. The first-order valence-electron chi connectivity index (χ1n) is 10.7. The summed E-state index contributed by atoms with van der Waals surface area (Å²) in [6, 6.07) is 6.40. The summed E-state index contributed by atoms with van der Waals surface area (Å²) in [5, 5.41) is 13.0. The maximum Gasteiger partial charge on any atom is 0.336 e. The number of carbonyl (C=O) groups is 3. The number of benzene rings is 1. The van der Waals surface area contributed by atoms with E-state index in [-0.39, 0.29) is 24.1 Å². The summed E-state index contributed by atoms with van der Waals surface area (Å²) in [7, 11) is 1.27. The molecule has 2 N–H and O–H groups in total. The lowest BCUT2D eigenvalue weighted by Crippen LogP contribution is -2.43. The fourth-order valence-electron chi connectivity index (χ4n) is 4.37. The molecule has 172 valence electrons. The number of hydrogen-bond donors (Lipinski definition) is 2. The Morgan fingerprint density at radius 1 is 1.25 bits per heavy atom. The molecule has 0 amide bonds. The maximum atomic E-state index is 13.6. The van der Waals surface area contributed by atoms with Gasteiger partial charge >= 0.3 is 11.9 Å². The smallest absolute Gasteiger partial charge is 0.336 e. The van der Waals surface area contributed by atoms with Gasteiger partial charge in [-0.2, -0.15) is 11.8 Å². The van der Waals surface area contributed by atoms with Crippen molar-refractivity contribution in [1.82, 2.24) is 5.32 Å². The van der Waals surface area contributed by atoms with Gasteiger partial charge in [-0.15, -0.1) is 0 Å². The van der Waals surface area contributed by atoms with Gasteiger partial charge in [0, 0.05) is 28.6 Å². The van der Waals surface area contributed by atoms with Gasteiger partial charge in [0.25, 0.3) is 0 Å². The SMILES string of the molecule is CCSCCOC(=O)C1=C(C)NC2=C(C(=O)[C@H](C(=O)OC)[C@H](C)C2)[C@@H]1c1ccc(O)cc1. The fraction of sp³-hybridized carbons (Fsp3) is 0.458. The summed E-state index contributed by atoms with van der Waals surface area (Å²) in [6.07, 6.45) is 0.474. The molecule has 1 heterocycles. The van der Waals surface area contributed by atoms with E-state index in [1.807, 2.05) is 13.8 Å². The molecular formula is C24H29NO6S. The molecule has 1 aromatic rings. The van der Waals surface area contributed by atoms with Crippen LogP contribution in [0.1, 0.15) is 38.7 Å². The Bertz CT molecular complexity index is 965. The number of hydrogen-bond acceptors (Lipinski definition) is 8.